The van der Waals surface area contributed by atoms with E-state index in [1.807, 2.05) is 0 Å². The average Bonchev–Trinajstić information content (AvgIpc) is 2.97. The van der Waals surface area contributed by atoms with E-state index >= 15 is 0 Å². The van der Waals surface area contributed by atoms with Crippen LogP contribution in [0.1, 0.15) is 37.7 Å². The van der Waals surface area contributed by atoms with Crippen LogP contribution in [0.3, 0.4) is 0 Å². The Morgan fingerprint density at radius 3 is 2.43 bits per heavy atom. The number of alkyl halides is 3. The van der Waals surface area contributed by atoms with Crippen molar-refractivity contribution in [1.29, 1.82) is 0 Å². The Balaban J connectivity index is 1.95. The number of rotatable bonds is 3. The van der Waals surface area contributed by atoms with Crippen molar-refractivity contribution in [3.05, 3.63) is 17.7 Å². The Morgan fingerprint density at radius 2 is 1.79 bits per heavy atom. The molecule has 1 unspecified atom stereocenters. The maximum absolute atomic E-state index is 13.5. The molecule has 0 aromatic heterocycles. The van der Waals surface area contributed by atoms with Crippen molar-refractivity contribution in [2.45, 2.75) is 50.0 Å². The van der Waals surface area contributed by atoms with Crippen molar-refractivity contribution in [1.82, 2.24) is 5.01 Å². The molecule has 1 aliphatic carbocycles. The number of phenolic OH excluding ortho intramolecular Hbond substituents is 3. The zero-order valence-electron chi connectivity index (χ0n) is 14.7. The lowest BCUT2D eigenvalue weighted by molar-refractivity contribution is -0.289. The summed E-state index contributed by atoms with van der Waals surface area (Å²) < 4.78 is 40.5. The number of hydrazone groups is 1. The highest BCUT2D eigenvalue weighted by atomic mass is 32.2. The summed E-state index contributed by atoms with van der Waals surface area (Å²) in [7, 11) is 0. The lowest BCUT2D eigenvalue weighted by Crippen LogP contribution is -2.56. The number of aliphatic hydroxyl groups is 1. The first-order valence-electron chi connectivity index (χ1n) is 8.71. The molecule has 2 aliphatic rings. The zero-order valence-corrected chi connectivity index (χ0v) is 15.5. The molecule has 1 heterocycles. The van der Waals surface area contributed by atoms with Gasteiger partial charge in [-0.15, -0.1) is 0 Å². The Labute approximate surface area is 163 Å². The molecule has 1 aromatic carbocycles. The highest BCUT2D eigenvalue weighted by molar-refractivity contribution is 8.14. The van der Waals surface area contributed by atoms with Crippen LogP contribution in [0.4, 0.5) is 13.2 Å². The molecule has 28 heavy (non-hydrogen) atoms. The molecular formula is C17H20F3N3O4S. The molecule has 1 saturated carbocycles. The SMILES string of the molecule is Oc1ccc(/C=N/N2/C(=N\C3CCCCC3)SCC2(O)C(F)(F)F)c(O)c1O. The summed E-state index contributed by atoms with van der Waals surface area (Å²) in [6.45, 7) is 0. The largest absolute Gasteiger partial charge is 0.504 e. The minimum Gasteiger partial charge on any atom is -0.504 e. The second-order valence-corrected chi connectivity index (χ2v) is 7.68. The second-order valence-electron chi connectivity index (χ2n) is 6.73. The average molecular weight is 419 g/mol. The zero-order chi connectivity index (χ0) is 20.5. The highest BCUT2D eigenvalue weighted by Crippen LogP contribution is 2.44. The third-order valence-corrected chi connectivity index (χ3v) is 5.81. The van der Waals surface area contributed by atoms with E-state index in [0.29, 0.717) is 5.01 Å². The highest BCUT2D eigenvalue weighted by Gasteiger charge is 2.63. The van der Waals surface area contributed by atoms with Crippen molar-refractivity contribution in [2.75, 3.05) is 5.75 Å². The number of aromatic hydroxyl groups is 3. The standard InChI is InChI=1S/C17H20F3N3O4S/c18-17(19,20)16(27)9-28-15(22-11-4-2-1-3-5-11)23(16)21-8-10-6-7-12(24)14(26)13(10)25/h6-8,11,24-27H,1-5,9H2/b21-8+,22-15+. The fourth-order valence-electron chi connectivity index (χ4n) is 3.06. The van der Waals surface area contributed by atoms with E-state index in [9.17, 15) is 33.6 Å². The number of hydrogen-bond donors (Lipinski definition) is 4. The van der Waals surface area contributed by atoms with Crippen LogP contribution in [0.5, 0.6) is 17.2 Å². The van der Waals surface area contributed by atoms with Gasteiger partial charge in [-0.2, -0.15) is 18.3 Å². The first kappa shape index (κ1) is 20.6. The van der Waals surface area contributed by atoms with Gasteiger partial charge in [-0.3, -0.25) is 4.99 Å². The molecule has 1 aromatic rings. The first-order chi connectivity index (χ1) is 13.1. The molecule has 2 fully saturated rings. The summed E-state index contributed by atoms with van der Waals surface area (Å²) in [5, 5.41) is 43.1. The van der Waals surface area contributed by atoms with Gasteiger partial charge in [-0.1, -0.05) is 31.0 Å². The number of phenols is 3. The van der Waals surface area contributed by atoms with Gasteiger partial charge in [0.2, 0.25) is 5.75 Å². The Hall–Kier alpha value is -2.14. The van der Waals surface area contributed by atoms with Crippen LogP contribution < -0.4 is 0 Å². The lowest BCUT2D eigenvalue weighted by Gasteiger charge is -2.32. The van der Waals surface area contributed by atoms with Gasteiger partial charge in [-0.05, 0) is 25.0 Å². The Bertz CT molecular complexity index is 797. The minimum absolute atomic E-state index is 0.0505. The van der Waals surface area contributed by atoms with Gasteiger partial charge in [0.05, 0.1) is 18.0 Å². The molecule has 1 saturated heterocycles. The smallest absolute Gasteiger partial charge is 0.439 e. The summed E-state index contributed by atoms with van der Waals surface area (Å²) >= 11 is 0.763. The van der Waals surface area contributed by atoms with Crippen LogP contribution in [-0.4, -0.2) is 60.5 Å². The molecule has 11 heteroatoms. The topological polar surface area (TPSA) is 109 Å². The van der Waals surface area contributed by atoms with E-state index in [0.717, 1.165) is 56.1 Å². The van der Waals surface area contributed by atoms with Crippen LogP contribution in [-0.2, 0) is 0 Å². The molecule has 154 valence electrons. The molecular weight excluding hydrogens is 399 g/mol. The maximum Gasteiger partial charge on any atom is 0.439 e. The number of amidine groups is 1. The predicted octanol–water partition coefficient (Wildman–Crippen LogP) is 3.13. The van der Waals surface area contributed by atoms with Gasteiger partial charge < -0.3 is 20.4 Å². The monoisotopic (exact) mass is 419 g/mol. The van der Waals surface area contributed by atoms with E-state index in [4.69, 9.17) is 0 Å². The molecule has 0 bridgehead atoms. The van der Waals surface area contributed by atoms with Gasteiger partial charge >= 0.3 is 6.18 Å². The van der Waals surface area contributed by atoms with Crippen molar-refractivity contribution >= 4 is 23.1 Å². The summed E-state index contributed by atoms with van der Waals surface area (Å²) in [6, 6.07) is 2.10. The third-order valence-electron chi connectivity index (χ3n) is 4.73. The fourth-order valence-corrected chi connectivity index (χ4v) is 4.22. The number of hydrogen-bond acceptors (Lipinski definition) is 7. The van der Waals surface area contributed by atoms with E-state index in [1.165, 1.54) is 6.07 Å². The predicted molar refractivity (Wildman–Crippen MR) is 98.6 cm³/mol. The normalized spacial score (nSPS) is 25.9. The third kappa shape index (κ3) is 3.86. The summed E-state index contributed by atoms with van der Waals surface area (Å²) in [6.07, 6.45) is 0.358. The van der Waals surface area contributed by atoms with Gasteiger partial charge in [0.25, 0.3) is 5.72 Å². The van der Waals surface area contributed by atoms with E-state index < -0.39 is 34.9 Å². The van der Waals surface area contributed by atoms with Gasteiger partial charge in [0.1, 0.15) is 0 Å². The van der Waals surface area contributed by atoms with Gasteiger partial charge in [0, 0.05) is 5.56 Å². The second kappa shape index (κ2) is 7.70. The van der Waals surface area contributed by atoms with Crippen LogP contribution in [0.2, 0.25) is 0 Å². The summed E-state index contributed by atoms with van der Waals surface area (Å²) in [4.78, 5) is 4.37. The Morgan fingerprint density at radius 1 is 1.11 bits per heavy atom. The molecule has 0 amide bonds. The number of benzene rings is 1. The summed E-state index contributed by atoms with van der Waals surface area (Å²) in [5.41, 5.74) is -3.37. The fraction of sp³-hybridized carbons (Fsp3) is 0.529. The number of thioether (sulfide) groups is 1. The van der Waals surface area contributed by atoms with E-state index in [2.05, 4.69) is 10.1 Å². The number of halogens is 3. The molecule has 0 radical (unpaired) electrons. The number of nitrogens with zero attached hydrogens (tertiary/aromatic N) is 3. The van der Waals surface area contributed by atoms with Crippen LogP contribution in [0, 0.1) is 0 Å². The quantitative estimate of drug-likeness (QED) is 0.443. The lowest BCUT2D eigenvalue weighted by atomic mass is 9.96. The molecule has 1 atom stereocenters. The van der Waals surface area contributed by atoms with Crippen LogP contribution >= 0.6 is 11.8 Å². The van der Waals surface area contributed by atoms with Crippen molar-refractivity contribution in [2.24, 2.45) is 10.1 Å². The summed E-state index contributed by atoms with van der Waals surface area (Å²) in [5.74, 6) is -2.83. The van der Waals surface area contributed by atoms with Crippen molar-refractivity contribution < 1.29 is 33.6 Å². The van der Waals surface area contributed by atoms with E-state index in [1.54, 1.807) is 0 Å². The maximum atomic E-state index is 13.5. The molecule has 0 spiro atoms. The van der Waals surface area contributed by atoms with Crippen LogP contribution in [0.15, 0.2) is 22.2 Å². The molecule has 1 aliphatic heterocycles. The Kier molecular flexibility index (Phi) is 5.67. The van der Waals surface area contributed by atoms with Gasteiger partial charge in [0.15, 0.2) is 16.7 Å². The van der Waals surface area contributed by atoms with Crippen LogP contribution in [0.25, 0.3) is 0 Å². The van der Waals surface area contributed by atoms with E-state index in [-0.39, 0.29) is 16.8 Å². The number of aliphatic imine (C=N–C) groups is 1. The molecule has 7 nitrogen and oxygen atoms in total. The first-order valence-corrected chi connectivity index (χ1v) is 9.70. The minimum atomic E-state index is -4.99. The molecule has 3 rings (SSSR count). The van der Waals surface area contributed by atoms with Crippen molar-refractivity contribution in [3.8, 4) is 17.2 Å². The van der Waals surface area contributed by atoms with Crippen molar-refractivity contribution in [3.63, 3.8) is 0 Å². The van der Waals surface area contributed by atoms with Gasteiger partial charge in [-0.25, -0.2) is 5.01 Å². The molecule has 4 N–H and O–H groups in total.